The molecule has 3 N–H and O–H groups in total. The third-order valence-electron chi connectivity index (χ3n) is 7.83. The molecule has 0 atom stereocenters. The number of piperidine rings is 1. The zero-order valence-electron chi connectivity index (χ0n) is 23.8. The Kier molecular flexibility index (Phi) is 8.52. The summed E-state index contributed by atoms with van der Waals surface area (Å²) in [7, 11) is 0. The van der Waals surface area contributed by atoms with Gasteiger partial charge in [0.05, 0.1) is 0 Å². The number of likely N-dealkylation sites (tertiary alicyclic amines) is 1. The van der Waals surface area contributed by atoms with Crippen LogP contribution in [-0.2, 0) is 6.54 Å². The van der Waals surface area contributed by atoms with Gasteiger partial charge in [-0.05, 0) is 82.4 Å². The van der Waals surface area contributed by atoms with Gasteiger partial charge in [0.15, 0.2) is 0 Å². The third-order valence-corrected chi connectivity index (χ3v) is 8.14. The van der Waals surface area contributed by atoms with Crippen LogP contribution in [0, 0.1) is 0 Å². The van der Waals surface area contributed by atoms with Gasteiger partial charge in [-0.15, -0.1) is 0 Å². The molecule has 8 nitrogen and oxygen atoms in total. The number of aliphatic imine (C=N–C) groups is 1. The smallest absolute Gasteiger partial charge is 0.260 e. The molecule has 0 aliphatic carbocycles. The van der Waals surface area contributed by atoms with Crippen LogP contribution in [0.15, 0.2) is 77.3 Å². The molecule has 0 unspecified atom stereocenters. The molecule has 4 aromatic rings. The van der Waals surface area contributed by atoms with E-state index in [0.29, 0.717) is 57.6 Å². The molecule has 0 spiro atoms. The van der Waals surface area contributed by atoms with E-state index in [9.17, 15) is 4.79 Å². The Balaban J connectivity index is 1.39. The Hall–Kier alpha value is -4.01. The van der Waals surface area contributed by atoms with Crippen LogP contribution in [0.25, 0.3) is 22.2 Å². The second-order valence-electron chi connectivity index (χ2n) is 10.6. The van der Waals surface area contributed by atoms with Crippen LogP contribution >= 0.6 is 11.6 Å². The predicted molar refractivity (Wildman–Crippen MR) is 169 cm³/mol. The molecule has 2 aromatic carbocycles. The second kappa shape index (κ2) is 12.2. The number of anilines is 2. The van der Waals surface area contributed by atoms with E-state index in [2.05, 4.69) is 64.9 Å². The number of nitrogens with zero attached hydrogens (tertiary/aromatic N) is 5. The van der Waals surface area contributed by atoms with Gasteiger partial charge in [0.25, 0.3) is 5.56 Å². The number of halogens is 1. The number of nitrogens with two attached hydrogens (primary N) is 1. The minimum atomic E-state index is -0.181. The molecule has 0 radical (unpaired) electrons. The normalized spacial score (nSPS) is 15.0. The molecule has 0 bridgehead atoms. The third kappa shape index (κ3) is 6.04. The van der Waals surface area contributed by atoms with E-state index in [1.54, 1.807) is 35.0 Å². The zero-order chi connectivity index (χ0) is 29.1. The van der Waals surface area contributed by atoms with Crippen LogP contribution < -0.4 is 16.6 Å². The molecule has 2 aromatic heterocycles. The van der Waals surface area contributed by atoms with Crippen LogP contribution in [0.4, 0.5) is 11.6 Å². The van der Waals surface area contributed by atoms with Gasteiger partial charge in [-0.25, -0.2) is 9.98 Å². The Bertz CT molecular complexity index is 1650. The van der Waals surface area contributed by atoms with Crippen molar-refractivity contribution in [1.82, 2.24) is 19.4 Å². The Morgan fingerprint density at radius 2 is 1.90 bits per heavy atom. The largest absolute Gasteiger partial charge is 0.383 e. The quantitative estimate of drug-likeness (QED) is 0.190. The summed E-state index contributed by atoms with van der Waals surface area (Å²) in [6, 6.07) is 16.2. The highest BCUT2D eigenvalue weighted by Crippen LogP contribution is 2.31. The standard InChI is InChI=1S/C32H36ClN7O/c1-5-35-29(34)23-9-12-26(28(33)18-23)27-17-24-19-36-32(38-30(24)40(6-2)31(27)41)37-25-10-7-21(8-11-25)22-13-15-39(16-14-22)20(3)4/h5,7-12,17-20,22H,1,6,13-16H2,2-4H3,(H2,34,35)(H,36,37,38). The molecule has 212 valence electrons. The number of hydrogen-bond donors (Lipinski definition) is 2. The van der Waals surface area contributed by atoms with Gasteiger partial charge in [0, 0.05) is 57.8 Å². The van der Waals surface area contributed by atoms with Crippen LogP contribution in [0.3, 0.4) is 0 Å². The summed E-state index contributed by atoms with van der Waals surface area (Å²) in [6.45, 7) is 12.7. The molecule has 9 heteroatoms. The number of benzene rings is 2. The molecule has 1 saturated heterocycles. The highest BCUT2D eigenvalue weighted by Gasteiger charge is 2.22. The molecule has 1 aliphatic rings. The summed E-state index contributed by atoms with van der Waals surface area (Å²) < 4.78 is 1.64. The van der Waals surface area contributed by atoms with Crippen molar-refractivity contribution in [3.05, 3.63) is 94.0 Å². The lowest BCUT2D eigenvalue weighted by molar-refractivity contribution is 0.172. The zero-order valence-corrected chi connectivity index (χ0v) is 24.5. The van der Waals surface area contributed by atoms with E-state index in [-0.39, 0.29) is 5.56 Å². The molecule has 3 heterocycles. The molecule has 1 fully saturated rings. The lowest BCUT2D eigenvalue weighted by Gasteiger charge is -2.34. The lowest BCUT2D eigenvalue weighted by Crippen LogP contribution is -2.37. The van der Waals surface area contributed by atoms with E-state index >= 15 is 0 Å². The summed E-state index contributed by atoms with van der Waals surface area (Å²) in [6.07, 6.45) is 5.47. The highest BCUT2D eigenvalue weighted by atomic mass is 35.5. The summed E-state index contributed by atoms with van der Waals surface area (Å²) in [5.74, 6) is 1.32. The van der Waals surface area contributed by atoms with Gasteiger partial charge in [-0.2, -0.15) is 4.98 Å². The topological polar surface area (TPSA) is 101 Å². The minimum absolute atomic E-state index is 0.181. The van der Waals surface area contributed by atoms with Crippen LogP contribution in [0.1, 0.15) is 50.7 Å². The van der Waals surface area contributed by atoms with Crippen molar-refractivity contribution in [3.8, 4) is 11.1 Å². The molecule has 5 rings (SSSR count). The van der Waals surface area contributed by atoms with Crippen LogP contribution in [0.2, 0.25) is 5.02 Å². The van der Waals surface area contributed by atoms with Crippen LogP contribution in [0.5, 0.6) is 0 Å². The first kappa shape index (κ1) is 28.5. The van der Waals surface area contributed by atoms with Crippen molar-refractivity contribution in [2.75, 3.05) is 18.4 Å². The second-order valence-corrected chi connectivity index (χ2v) is 11.0. The molecule has 41 heavy (non-hydrogen) atoms. The fourth-order valence-corrected chi connectivity index (χ4v) is 5.77. The summed E-state index contributed by atoms with van der Waals surface area (Å²) in [4.78, 5) is 29.4. The highest BCUT2D eigenvalue weighted by molar-refractivity contribution is 6.33. The van der Waals surface area contributed by atoms with Crippen molar-refractivity contribution in [1.29, 1.82) is 0 Å². The fourth-order valence-electron chi connectivity index (χ4n) is 5.49. The number of aryl methyl sites for hydroxylation is 1. The van der Waals surface area contributed by atoms with Gasteiger partial charge in [-0.3, -0.25) is 9.36 Å². The lowest BCUT2D eigenvalue weighted by atomic mass is 9.89. The maximum Gasteiger partial charge on any atom is 0.260 e. The van der Waals surface area contributed by atoms with Gasteiger partial charge < -0.3 is 16.0 Å². The van der Waals surface area contributed by atoms with Crippen molar-refractivity contribution in [2.24, 2.45) is 10.7 Å². The number of amidine groups is 1. The molecular weight excluding hydrogens is 534 g/mol. The first-order chi connectivity index (χ1) is 19.8. The summed E-state index contributed by atoms with van der Waals surface area (Å²) in [5, 5.41) is 4.44. The Labute approximate surface area is 245 Å². The number of pyridine rings is 1. The molecule has 0 saturated carbocycles. The maximum absolute atomic E-state index is 13.6. The number of aromatic nitrogens is 3. The van der Waals surface area contributed by atoms with Crippen LogP contribution in [-0.4, -0.2) is 44.4 Å². The molecular formula is C32H36ClN7O. The average Bonchev–Trinajstić information content (AvgIpc) is 2.97. The molecule has 0 amide bonds. The van der Waals surface area contributed by atoms with Gasteiger partial charge in [-0.1, -0.05) is 42.4 Å². The maximum atomic E-state index is 13.6. The van der Waals surface area contributed by atoms with Gasteiger partial charge in [0.2, 0.25) is 5.95 Å². The number of fused-ring (bicyclic) bond motifs is 1. The van der Waals surface area contributed by atoms with E-state index < -0.39 is 0 Å². The Morgan fingerprint density at radius 1 is 1.17 bits per heavy atom. The van der Waals surface area contributed by atoms with Crippen molar-refractivity contribution < 1.29 is 0 Å². The molecule has 1 aliphatic heterocycles. The van der Waals surface area contributed by atoms with E-state index in [0.717, 1.165) is 24.2 Å². The SMILES string of the molecule is C=CN=C(N)c1ccc(-c2cc3cnc(Nc4ccc(C5CCN(C(C)C)CC5)cc4)nc3n(CC)c2=O)c(Cl)c1. The van der Waals surface area contributed by atoms with Crippen molar-refractivity contribution in [2.45, 2.75) is 52.1 Å². The van der Waals surface area contributed by atoms with E-state index in [1.165, 1.54) is 24.6 Å². The average molecular weight is 570 g/mol. The van der Waals surface area contributed by atoms with Crippen molar-refractivity contribution in [3.63, 3.8) is 0 Å². The summed E-state index contributed by atoms with van der Waals surface area (Å²) >= 11 is 6.59. The predicted octanol–water partition coefficient (Wildman–Crippen LogP) is 6.31. The van der Waals surface area contributed by atoms with Gasteiger partial charge in [0.1, 0.15) is 11.5 Å². The fraction of sp³-hybridized carbons (Fsp3) is 0.312. The van der Waals surface area contributed by atoms with Crippen molar-refractivity contribution >= 4 is 40.1 Å². The van der Waals surface area contributed by atoms with Gasteiger partial charge >= 0.3 is 0 Å². The number of nitrogens with one attached hydrogen (secondary N) is 1. The number of hydrogen-bond acceptors (Lipinski definition) is 6. The minimum Gasteiger partial charge on any atom is -0.383 e. The number of rotatable bonds is 8. The summed E-state index contributed by atoms with van der Waals surface area (Å²) in [5.41, 5.74) is 10.3. The van der Waals surface area contributed by atoms with E-state index in [4.69, 9.17) is 22.3 Å². The first-order valence-electron chi connectivity index (χ1n) is 14.0. The van der Waals surface area contributed by atoms with E-state index in [1.807, 2.05) is 6.92 Å². The monoisotopic (exact) mass is 569 g/mol. The first-order valence-corrected chi connectivity index (χ1v) is 14.4. The Morgan fingerprint density at radius 3 is 2.54 bits per heavy atom.